The first-order valence-electron chi connectivity index (χ1n) is 6.48. The summed E-state index contributed by atoms with van der Waals surface area (Å²) in [6.07, 6.45) is 2.04. The van der Waals surface area contributed by atoms with Gasteiger partial charge in [-0.25, -0.2) is 4.68 Å². The number of allylic oxidation sites excluding steroid dienone is 2. The van der Waals surface area contributed by atoms with Crippen molar-refractivity contribution in [3.63, 3.8) is 0 Å². The van der Waals surface area contributed by atoms with Crippen LogP contribution >= 0.6 is 11.6 Å². The normalized spacial score (nSPS) is 16.7. The van der Waals surface area contributed by atoms with Crippen molar-refractivity contribution in [1.82, 2.24) is 14.8 Å². The second-order valence-corrected chi connectivity index (χ2v) is 5.29. The summed E-state index contributed by atoms with van der Waals surface area (Å²) in [5.74, 6) is 0.677. The topological polar surface area (TPSA) is 71.8 Å². The summed E-state index contributed by atoms with van der Waals surface area (Å²) in [7, 11) is 0. The van der Waals surface area contributed by atoms with E-state index in [1.54, 1.807) is 4.68 Å². The summed E-state index contributed by atoms with van der Waals surface area (Å²) < 4.78 is 1.74. The molecule has 0 aliphatic carbocycles. The third-order valence-electron chi connectivity index (χ3n) is 3.11. The van der Waals surface area contributed by atoms with Gasteiger partial charge in [-0.1, -0.05) is 23.7 Å². The molecule has 3 rings (SSSR count). The van der Waals surface area contributed by atoms with Crippen molar-refractivity contribution in [2.75, 3.05) is 10.6 Å². The summed E-state index contributed by atoms with van der Waals surface area (Å²) >= 11 is 5.93. The van der Waals surface area contributed by atoms with Gasteiger partial charge in [0.15, 0.2) is 0 Å². The molecule has 2 heterocycles. The van der Waals surface area contributed by atoms with E-state index < -0.39 is 0 Å². The molecule has 6 nitrogen and oxygen atoms in total. The van der Waals surface area contributed by atoms with Crippen molar-refractivity contribution in [2.24, 2.45) is 0 Å². The van der Waals surface area contributed by atoms with Gasteiger partial charge in [0.1, 0.15) is 6.04 Å². The minimum absolute atomic E-state index is 0.0893. The lowest BCUT2D eigenvalue weighted by atomic mass is 10.1. The van der Waals surface area contributed by atoms with E-state index in [1.165, 1.54) is 6.92 Å². The Morgan fingerprint density at radius 1 is 1.38 bits per heavy atom. The Morgan fingerprint density at radius 3 is 2.76 bits per heavy atom. The minimum atomic E-state index is -0.203. The molecule has 1 atom stereocenters. The molecule has 0 bridgehead atoms. The molecule has 2 aromatic rings. The molecule has 0 saturated carbocycles. The van der Waals surface area contributed by atoms with Crippen LogP contribution in [0.2, 0.25) is 5.02 Å². The van der Waals surface area contributed by atoms with Gasteiger partial charge in [-0.3, -0.25) is 10.1 Å². The van der Waals surface area contributed by atoms with E-state index in [9.17, 15) is 4.79 Å². The maximum absolute atomic E-state index is 11.1. The minimum Gasteiger partial charge on any atom is -0.329 e. The van der Waals surface area contributed by atoms with Crippen LogP contribution in [0.5, 0.6) is 0 Å². The fourth-order valence-corrected chi connectivity index (χ4v) is 2.36. The highest BCUT2D eigenvalue weighted by Gasteiger charge is 2.23. The Bertz CT molecular complexity index is 719. The van der Waals surface area contributed by atoms with E-state index in [0.29, 0.717) is 11.0 Å². The van der Waals surface area contributed by atoms with E-state index in [4.69, 9.17) is 11.6 Å². The van der Waals surface area contributed by atoms with Crippen LogP contribution in [0.3, 0.4) is 0 Å². The number of nitrogens with zero attached hydrogens (tertiary/aromatic N) is 3. The predicted octanol–water partition coefficient (Wildman–Crippen LogP) is 2.81. The molecule has 1 aromatic heterocycles. The highest BCUT2D eigenvalue weighted by molar-refractivity contribution is 6.30. The van der Waals surface area contributed by atoms with E-state index in [-0.39, 0.29) is 17.9 Å². The molecule has 0 radical (unpaired) electrons. The molecule has 1 aromatic carbocycles. The van der Waals surface area contributed by atoms with Crippen LogP contribution in [-0.4, -0.2) is 20.7 Å². The fourth-order valence-electron chi connectivity index (χ4n) is 2.24. The Morgan fingerprint density at radius 2 is 2.10 bits per heavy atom. The number of rotatable bonds is 2. The van der Waals surface area contributed by atoms with Gasteiger partial charge in [0.25, 0.3) is 5.95 Å². The van der Waals surface area contributed by atoms with Gasteiger partial charge in [0, 0.05) is 17.6 Å². The number of aromatic nitrogens is 3. The molecule has 1 amide bonds. The molecule has 1 aliphatic heterocycles. The monoisotopic (exact) mass is 303 g/mol. The van der Waals surface area contributed by atoms with Gasteiger partial charge in [-0.2, -0.15) is 4.98 Å². The number of anilines is 2. The lowest BCUT2D eigenvalue weighted by Gasteiger charge is -2.22. The maximum atomic E-state index is 11.1. The van der Waals surface area contributed by atoms with E-state index >= 15 is 0 Å². The molecule has 0 spiro atoms. The van der Waals surface area contributed by atoms with Crippen molar-refractivity contribution < 1.29 is 4.79 Å². The van der Waals surface area contributed by atoms with Crippen LogP contribution < -0.4 is 10.6 Å². The average molecular weight is 304 g/mol. The van der Waals surface area contributed by atoms with E-state index in [1.807, 2.05) is 37.3 Å². The second kappa shape index (κ2) is 5.21. The molecule has 7 heteroatoms. The number of hydrogen-bond donors (Lipinski definition) is 2. The van der Waals surface area contributed by atoms with Gasteiger partial charge in [-0.05, 0) is 30.7 Å². The summed E-state index contributed by atoms with van der Waals surface area (Å²) in [6, 6.07) is 7.49. The van der Waals surface area contributed by atoms with Gasteiger partial charge in [0.05, 0.1) is 0 Å². The standard InChI is InChI=1S/C14H14ClN5O/c1-8-7-12(10-3-5-11(15)6-4-10)20-14(16-8)18-13(19-20)17-9(2)21/h3-7,12H,1-2H3,(H2,16,17,18,19,21)/t12-/m1/s1. The third-order valence-corrected chi connectivity index (χ3v) is 3.36. The number of halogens is 1. The van der Waals surface area contributed by atoms with Gasteiger partial charge >= 0.3 is 0 Å². The van der Waals surface area contributed by atoms with Crippen molar-refractivity contribution in [3.05, 3.63) is 46.6 Å². The Balaban J connectivity index is 2.01. The van der Waals surface area contributed by atoms with Crippen LogP contribution in [-0.2, 0) is 4.79 Å². The summed E-state index contributed by atoms with van der Waals surface area (Å²) in [5, 5.41) is 10.8. The number of carbonyl (C=O) groups excluding carboxylic acids is 1. The molecule has 0 fully saturated rings. The predicted molar refractivity (Wildman–Crippen MR) is 81.3 cm³/mol. The first kappa shape index (κ1) is 13.6. The van der Waals surface area contributed by atoms with Crippen LogP contribution in [0.25, 0.3) is 0 Å². The van der Waals surface area contributed by atoms with Crippen LogP contribution in [0, 0.1) is 0 Å². The summed E-state index contributed by atoms with van der Waals surface area (Å²) in [5.41, 5.74) is 2.02. The van der Waals surface area contributed by atoms with E-state index in [0.717, 1.165) is 11.3 Å². The average Bonchev–Trinajstić information content (AvgIpc) is 2.79. The third kappa shape index (κ3) is 2.75. The zero-order valence-electron chi connectivity index (χ0n) is 11.6. The summed E-state index contributed by atoms with van der Waals surface area (Å²) in [6.45, 7) is 3.38. The van der Waals surface area contributed by atoms with Gasteiger partial charge in [-0.15, -0.1) is 5.10 Å². The Hall–Kier alpha value is -2.34. The quantitative estimate of drug-likeness (QED) is 0.895. The molecule has 0 saturated heterocycles. The Labute approximate surface area is 126 Å². The smallest absolute Gasteiger partial charge is 0.250 e. The molecule has 1 aliphatic rings. The second-order valence-electron chi connectivity index (χ2n) is 4.86. The molecule has 108 valence electrons. The largest absolute Gasteiger partial charge is 0.329 e. The first-order chi connectivity index (χ1) is 10.0. The lowest BCUT2D eigenvalue weighted by molar-refractivity contribution is -0.114. The van der Waals surface area contributed by atoms with Gasteiger partial charge < -0.3 is 5.32 Å². The number of nitrogens with one attached hydrogen (secondary N) is 2. The van der Waals surface area contributed by atoms with Gasteiger partial charge in [0.2, 0.25) is 11.9 Å². The highest BCUT2D eigenvalue weighted by Crippen LogP contribution is 2.30. The number of hydrogen-bond acceptors (Lipinski definition) is 4. The van der Waals surface area contributed by atoms with Crippen LogP contribution in [0.4, 0.5) is 11.9 Å². The summed E-state index contributed by atoms with van der Waals surface area (Å²) in [4.78, 5) is 15.4. The first-order valence-corrected chi connectivity index (χ1v) is 6.86. The number of amides is 1. The van der Waals surface area contributed by atoms with Crippen molar-refractivity contribution in [1.29, 1.82) is 0 Å². The fraction of sp³-hybridized carbons (Fsp3) is 0.214. The van der Waals surface area contributed by atoms with Crippen LogP contribution in [0.15, 0.2) is 36.0 Å². The van der Waals surface area contributed by atoms with Crippen molar-refractivity contribution in [3.8, 4) is 0 Å². The Kier molecular flexibility index (Phi) is 3.39. The zero-order chi connectivity index (χ0) is 15.0. The molecule has 0 unspecified atom stereocenters. The number of carbonyl (C=O) groups is 1. The molecular formula is C14H14ClN5O. The highest BCUT2D eigenvalue weighted by atomic mass is 35.5. The zero-order valence-corrected chi connectivity index (χ0v) is 12.3. The van der Waals surface area contributed by atoms with Crippen molar-refractivity contribution >= 4 is 29.4 Å². The molecule has 2 N–H and O–H groups in total. The molecule has 21 heavy (non-hydrogen) atoms. The maximum Gasteiger partial charge on any atom is 0.250 e. The van der Waals surface area contributed by atoms with E-state index in [2.05, 4.69) is 20.7 Å². The van der Waals surface area contributed by atoms with Crippen LogP contribution in [0.1, 0.15) is 25.5 Å². The van der Waals surface area contributed by atoms with Crippen molar-refractivity contribution in [2.45, 2.75) is 19.9 Å². The molecular weight excluding hydrogens is 290 g/mol. The number of fused-ring (bicyclic) bond motifs is 1. The lowest BCUT2D eigenvalue weighted by Crippen LogP contribution is -2.19. The SMILES string of the molecule is CC(=O)Nc1nc2n(n1)[C@@H](c1ccc(Cl)cc1)C=C(C)N2. The number of benzene rings is 1.